The van der Waals surface area contributed by atoms with Crippen molar-refractivity contribution in [1.29, 1.82) is 0 Å². The first-order chi connectivity index (χ1) is 10.9. The van der Waals surface area contributed by atoms with Gasteiger partial charge in [-0.15, -0.1) is 0 Å². The summed E-state index contributed by atoms with van der Waals surface area (Å²) in [5, 5.41) is 0. The van der Waals surface area contributed by atoms with Crippen LogP contribution in [0.2, 0.25) is 0 Å². The van der Waals surface area contributed by atoms with E-state index in [1.54, 1.807) is 7.11 Å². The van der Waals surface area contributed by atoms with E-state index in [1.807, 2.05) is 63.2 Å². The zero-order valence-electron chi connectivity index (χ0n) is 14.2. The van der Waals surface area contributed by atoms with Gasteiger partial charge in [0.1, 0.15) is 5.75 Å². The van der Waals surface area contributed by atoms with E-state index in [9.17, 15) is 4.21 Å². The lowest BCUT2D eigenvalue weighted by Crippen LogP contribution is -2.36. The second kappa shape index (κ2) is 7.75. The Morgan fingerprint density at radius 1 is 1.04 bits per heavy atom. The molecule has 1 N–H and O–H groups in total. The van der Waals surface area contributed by atoms with Crippen LogP contribution in [0.25, 0.3) is 0 Å². The van der Waals surface area contributed by atoms with Crippen LogP contribution in [0.3, 0.4) is 0 Å². The Bertz CT molecular complexity index is 633. The first-order valence-corrected chi connectivity index (χ1v) is 8.91. The summed E-state index contributed by atoms with van der Waals surface area (Å²) in [7, 11) is 0.526. The average Bonchev–Trinajstić information content (AvgIpc) is 2.54. The molecule has 2 unspecified atom stereocenters. The van der Waals surface area contributed by atoms with Crippen LogP contribution in [-0.4, -0.2) is 16.1 Å². The smallest absolute Gasteiger partial charge is 0.118 e. The van der Waals surface area contributed by atoms with Gasteiger partial charge in [-0.3, -0.25) is 0 Å². The molecule has 2 aromatic carbocycles. The maximum atomic E-state index is 12.5. The number of hydrogen-bond donors (Lipinski definition) is 1. The van der Waals surface area contributed by atoms with Crippen LogP contribution in [-0.2, 0) is 17.4 Å². The zero-order valence-corrected chi connectivity index (χ0v) is 15.0. The second-order valence-corrected chi connectivity index (χ2v) is 8.51. The predicted molar refractivity (Wildman–Crippen MR) is 96.9 cm³/mol. The molecule has 0 fully saturated rings. The molecule has 0 heterocycles. The molecule has 0 saturated carbocycles. The maximum absolute atomic E-state index is 12.5. The lowest BCUT2D eigenvalue weighted by atomic mass is 10.00. The predicted octanol–water partition coefficient (Wildman–Crippen LogP) is 4.03. The molecule has 0 aliphatic rings. The first-order valence-electron chi connectivity index (χ1n) is 7.76. The molecular weight excluding hydrogens is 306 g/mol. The molecule has 0 bridgehead atoms. The van der Waals surface area contributed by atoms with E-state index < -0.39 is 11.0 Å². The van der Waals surface area contributed by atoms with Crippen molar-refractivity contribution in [3.05, 3.63) is 65.7 Å². The van der Waals surface area contributed by atoms with Gasteiger partial charge in [-0.2, -0.15) is 0 Å². The fraction of sp³-hybridized carbons (Fsp3) is 0.368. The minimum absolute atomic E-state index is 0.0108. The third-order valence-corrected chi connectivity index (χ3v) is 5.22. The highest BCUT2D eigenvalue weighted by Crippen LogP contribution is 2.23. The van der Waals surface area contributed by atoms with Gasteiger partial charge in [0, 0.05) is 6.04 Å². The molecule has 0 aliphatic carbocycles. The minimum atomic E-state index is -1.13. The van der Waals surface area contributed by atoms with E-state index in [0.717, 1.165) is 17.7 Å². The van der Waals surface area contributed by atoms with Crippen molar-refractivity contribution >= 4 is 11.0 Å². The summed E-state index contributed by atoms with van der Waals surface area (Å²) in [6, 6.07) is 18.2. The first kappa shape index (κ1) is 17.7. The van der Waals surface area contributed by atoms with Crippen molar-refractivity contribution in [2.45, 2.75) is 38.0 Å². The van der Waals surface area contributed by atoms with Crippen LogP contribution in [0.1, 0.15) is 37.9 Å². The highest BCUT2D eigenvalue weighted by Gasteiger charge is 2.23. The Balaban J connectivity index is 2.24. The lowest BCUT2D eigenvalue weighted by Gasteiger charge is -2.25. The Kier molecular flexibility index (Phi) is 5.97. The van der Waals surface area contributed by atoms with Gasteiger partial charge in [-0.1, -0.05) is 42.5 Å². The van der Waals surface area contributed by atoms with E-state index in [-0.39, 0.29) is 10.8 Å². The van der Waals surface area contributed by atoms with Crippen LogP contribution in [0.4, 0.5) is 0 Å². The minimum Gasteiger partial charge on any atom is -0.497 e. The standard InChI is InChI=1S/C19H25NO2S/c1-19(2,3)23(21)20-18(14-15-8-6-5-7-9-15)16-10-12-17(22-4)13-11-16/h5-13,18,20H,14H2,1-4H3. The monoisotopic (exact) mass is 331 g/mol. The van der Waals surface area contributed by atoms with Crippen LogP contribution in [0.15, 0.2) is 54.6 Å². The second-order valence-electron chi connectivity index (χ2n) is 6.51. The highest BCUT2D eigenvalue weighted by molar-refractivity contribution is 7.84. The normalized spacial score (nSPS) is 14.3. The van der Waals surface area contributed by atoms with Crippen LogP contribution < -0.4 is 9.46 Å². The van der Waals surface area contributed by atoms with Gasteiger partial charge in [-0.25, -0.2) is 8.93 Å². The van der Waals surface area contributed by atoms with Crippen LogP contribution >= 0.6 is 0 Å². The summed E-state index contributed by atoms with van der Waals surface area (Å²) < 4.78 is 20.7. The number of benzene rings is 2. The molecule has 2 aromatic rings. The summed E-state index contributed by atoms with van der Waals surface area (Å²) in [6.45, 7) is 5.93. The van der Waals surface area contributed by atoms with E-state index in [0.29, 0.717) is 0 Å². The molecule has 0 aliphatic heterocycles. The van der Waals surface area contributed by atoms with E-state index in [1.165, 1.54) is 5.56 Å². The van der Waals surface area contributed by atoms with Gasteiger partial charge >= 0.3 is 0 Å². The molecule has 0 aromatic heterocycles. The third kappa shape index (κ3) is 5.19. The molecular formula is C19H25NO2S. The number of hydrogen-bond acceptors (Lipinski definition) is 2. The summed E-state index contributed by atoms with van der Waals surface area (Å²) in [4.78, 5) is 0. The highest BCUT2D eigenvalue weighted by atomic mass is 32.2. The van der Waals surface area contributed by atoms with Crippen molar-refractivity contribution in [3.63, 3.8) is 0 Å². The molecule has 2 atom stereocenters. The molecule has 23 heavy (non-hydrogen) atoms. The van der Waals surface area contributed by atoms with Crippen molar-refractivity contribution in [1.82, 2.24) is 4.72 Å². The van der Waals surface area contributed by atoms with Crippen molar-refractivity contribution in [2.75, 3.05) is 7.11 Å². The van der Waals surface area contributed by atoms with Crippen LogP contribution in [0, 0.1) is 0 Å². The maximum Gasteiger partial charge on any atom is 0.118 e. The van der Waals surface area contributed by atoms with Gasteiger partial charge in [0.05, 0.1) is 22.8 Å². The fourth-order valence-corrected chi connectivity index (χ4v) is 3.05. The largest absolute Gasteiger partial charge is 0.497 e. The molecule has 124 valence electrons. The molecule has 0 saturated heterocycles. The van der Waals surface area contributed by atoms with E-state index in [2.05, 4.69) is 16.9 Å². The van der Waals surface area contributed by atoms with Gasteiger partial charge in [0.15, 0.2) is 0 Å². The Morgan fingerprint density at radius 3 is 2.17 bits per heavy atom. The molecule has 2 rings (SSSR count). The van der Waals surface area contributed by atoms with Gasteiger partial charge < -0.3 is 4.74 Å². The Labute approximate surface area is 141 Å². The molecule has 3 nitrogen and oxygen atoms in total. The summed E-state index contributed by atoms with van der Waals surface area (Å²) >= 11 is 0. The molecule has 0 amide bonds. The quantitative estimate of drug-likeness (QED) is 0.868. The Morgan fingerprint density at radius 2 is 1.65 bits per heavy atom. The zero-order chi connectivity index (χ0) is 16.9. The van der Waals surface area contributed by atoms with Crippen molar-refractivity contribution in [2.24, 2.45) is 0 Å². The third-order valence-electron chi connectivity index (χ3n) is 3.61. The van der Waals surface area contributed by atoms with E-state index >= 15 is 0 Å². The SMILES string of the molecule is COc1ccc(C(Cc2ccccc2)NS(=O)C(C)(C)C)cc1. The summed E-state index contributed by atoms with van der Waals surface area (Å²) in [5.41, 5.74) is 2.32. The summed E-state index contributed by atoms with van der Waals surface area (Å²) in [5.74, 6) is 0.823. The summed E-state index contributed by atoms with van der Waals surface area (Å²) in [6.07, 6.45) is 0.787. The number of ether oxygens (including phenoxy) is 1. The molecule has 4 heteroatoms. The number of rotatable bonds is 6. The van der Waals surface area contributed by atoms with Gasteiger partial charge in [-0.05, 0) is 50.5 Å². The number of methoxy groups -OCH3 is 1. The average molecular weight is 331 g/mol. The number of nitrogens with one attached hydrogen (secondary N) is 1. The van der Waals surface area contributed by atoms with Gasteiger partial charge in [0.25, 0.3) is 0 Å². The van der Waals surface area contributed by atoms with Crippen LogP contribution in [0.5, 0.6) is 5.75 Å². The fourth-order valence-electron chi connectivity index (χ4n) is 2.22. The molecule has 0 spiro atoms. The van der Waals surface area contributed by atoms with Crippen molar-refractivity contribution < 1.29 is 8.95 Å². The molecule has 0 radical (unpaired) electrons. The Hall–Kier alpha value is -1.65. The van der Waals surface area contributed by atoms with E-state index in [4.69, 9.17) is 4.74 Å². The lowest BCUT2D eigenvalue weighted by molar-refractivity contribution is 0.414. The topological polar surface area (TPSA) is 38.3 Å². The van der Waals surface area contributed by atoms with Crippen molar-refractivity contribution in [3.8, 4) is 5.75 Å². The van der Waals surface area contributed by atoms with Gasteiger partial charge in [0.2, 0.25) is 0 Å².